The van der Waals surface area contributed by atoms with E-state index in [2.05, 4.69) is 5.10 Å². The SMILES string of the molecule is COc1ccc(-c2cc(=O)n3[nH]c(C)c(Cc4ccc(Cl)cc4)c3n2)cc1. The van der Waals surface area contributed by atoms with Crippen molar-refractivity contribution >= 4 is 17.2 Å². The zero-order chi connectivity index (χ0) is 19.0. The molecular weight excluding hydrogens is 362 g/mol. The minimum absolute atomic E-state index is 0.142. The Morgan fingerprint density at radius 1 is 1.11 bits per heavy atom. The van der Waals surface area contributed by atoms with Gasteiger partial charge < -0.3 is 4.74 Å². The fourth-order valence-electron chi connectivity index (χ4n) is 3.12. The Morgan fingerprint density at radius 2 is 1.81 bits per heavy atom. The van der Waals surface area contributed by atoms with Crippen LogP contribution in [0, 0.1) is 6.92 Å². The third kappa shape index (κ3) is 3.34. The summed E-state index contributed by atoms with van der Waals surface area (Å²) in [6.45, 7) is 1.95. The van der Waals surface area contributed by atoms with Crippen LogP contribution >= 0.6 is 11.6 Å². The zero-order valence-electron chi connectivity index (χ0n) is 15.0. The summed E-state index contributed by atoms with van der Waals surface area (Å²) in [5.74, 6) is 0.762. The Bertz CT molecular complexity index is 1160. The molecule has 0 aliphatic rings. The Balaban J connectivity index is 1.82. The number of rotatable bonds is 4. The Morgan fingerprint density at radius 3 is 2.48 bits per heavy atom. The predicted molar refractivity (Wildman–Crippen MR) is 107 cm³/mol. The van der Waals surface area contributed by atoms with Crippen LogP contribution in [-0.4, -0.2) is 21.7 Å². The molecule has 0 unspecified atom stereocenters. The highest BCUT2D eigenvalue weighted by molar-refractivity contribution is 6.30. The molecule has 0 spiro atoms. The van der Waals surface area contributed by atoms with Crippen LogP contribution in [0.1, 0.15) is 16.8 Å². The van der Waals surface area contributed by atoms with Crippen LogP contribution in [0.5, 0.6) is 5.75 Å². The van der Waals surface area contributed by atoms with Gasteiger partial charge in [-0.15, -0.1) is 0 Å². The van der Waals surface area contributed by atoms with Gasteiger partial charge in [-0.25, -0.2) is 9.50 Å². The van der Waals surface area contributed by atoms with Crippen LogP contribution in [0.2, 0.25) is 5.02 Å². The standard InChI is InChI=1S/C21H18ClN3O2/c1-13-18(11-14-3-7-16(22)8-4-14)21-23-19(12-20(26)25(21)24-13)15-5-9-17(27-2)10-6-15/h3-10,12,24H,11H2,1-2H3. The van der Waals surface area contributed by atoms with Crippen LogP contribution in [0.4, 0.5) is 0 Å². The average molecular weight is 380 g/mol. The fraction of sp³-hybridized carbons (Fsp3) is 0.143. The molecule has 5 nitrogen and oxygen atoms in total. The predicted octanol–water partition coefficient (Wildman–Crippen LogP) is 4.25. The number of aromatic amines is 1. The van der Waals surface area contributed by atoms with Crippen molar-refractivity contribution < 1.29 is 4.74 Å². The van der Waals surface area contributed by atoms with Gasteiger partial charge in [0.2, 0.25) is 0 Å². The fourth-order valence-corrected chi connectivity index (χ4v) is 3.25. The van der Waals surface area contributed by atoms with E-state index in [1.54, 1.807) is 7.11 Å². The van der Waals surface area contributed by atoms with E-state index in [1.807, 2.05) is 55.5 Å². The van der Waals surface area contributed by atoms with Crippen molar-refractivity contribution in [2.75, 3.05) is 7.11 Å². The molecule has 0 atom stereocenters. The van der Waals surface area contributed by atoms with Gasteiger partial charge in [0.1, 0.15) is 5.75 Å². The van der Waals surface area contributed by atoms with E-state index in [-0.39, 0.29) is 5.56 Å². The summed E-state index contributed by atoms with van der Waals surface area (Å²) >= 11 is 5.98. The molecule has 0 amide bonds. The summed E-state index contributed by atoms with van der Waals surface area (Å²) in [5, 5.41) is 3.82. The number of benzene rings is 2. The summed E-state index contributed by atoms with van der Waals surface area (Å²) in [6, 6.07) is 16.7. The molecule has 2 heterocycles. The van der Waals surface area contributed by atoms with E-state index < -0.39 is 0 Å². The van der Waals surface area contributed by atoms with Crippen LogP contribution < -0.4 is 10.3 Å². The molecular formula is C21H18ClN3O2. The van der Waals surface area contributed by atoms with Crippen molar-refractivity contribution in [3.8, 4) is 17.0 Å². The quantitative estimate of drug-likeness (QED) is 0.576. The largest absolute Gasteiger partial charge is 0.497 e. The number of nitrogens with zero attached hydrogens (tertiary/aromatic N) is 2. The summed E-state index contributed by atoms with van der Waals surface area (Å²) in [7, 11) is 1.62. The Kier molecular flexibility index (Phi) is 4.46. The van der Waals surface area contributed by atoms with Gasteiger partial charge in [0.25, 0.3) is 5.56 Å². The van der Waals surface area contributed by atoms with Gasteiger partial charge in [0.05, 0.1) is 12.8 Å². The third-order valence-electron chi connectivity index (χ3n) is 4.60. The number of H-pyrrole nitrogens is 1. The molecule has 27 heavy (non-hydrogen) atoms. The molecule has 0 saturated heterocycles. The molecule has 136 valence electrons. The number of hydrogen-bond donors (Lipinski definition) is 1. The minimum atomic E-state index is -0.142. The number of ether oxygens (including phenoxy) is 1. The van der Waals surface area contributed by atoms with E-state index in [4.69, 9.17) is 21.3 Å². The molecule has 0 bridgehead atoms. The number of nitrogens with one attached hydrogen (secondary N) is 1. The van der Waals surface area contributed by atoms with Crippen molar-refractivity contribution in [3.05, 3.63) is 86.8 Å². The van der Waals surface area contributed by atoms with E-state index >= 15 is 0 Å². The van der Waals surface area contributed by atoms with E-state index in [1.165, 1.54) is 10.6 Å². The molecule has 0 aliphatic carbocycles. The number of halogens is 1. The van der Waals surface area contributed by atoms with E-state index in [9.17, 15) is 4.79 Å². The van der Waals surface area contributed by atoms with Gasteiger partial charge in [0, 0.05) is 34.3 Å². The molecule has 4 aromatic rings. The molecule has 0 saturated carbocycles. The summed E-state index contributed by atoms with van der Waals surface area (Å²) in [6.07, 6.45) is 0.661. The minimum Gasteiger partial charge on any atom is -0.497 e. The van der Waals surface area contributed by atoms with Crippen molar-refractivity contribution in [2.45, 2.75) is 13.3 Å². The van der Waals surface area contributed by atoms with Gasteiger partial charge in [-0.2, -0.15) is 0 Å². The smallest absolute Gasteiger partial charge is 0.273 e. The second kappa shape index (κ2) is 6.93. The number of methoxy groups -OCH3 is 1. The first-order valence-electron chi connectivity index (χ1n) is 8.55. The lowest BCUT2D eigenvalue weighted by Crippen LogP contribution is -2.14. The molecule has 4 rings (SSSR count). The maximum atomic E-state index is 12.6. The van der Waals surface area contributed by atoms with E-state index in [0.717, 1.165) is 28.1 Å². The van der Waals surface area contributed by atoms with Crippen LogP contribution in [0.3, 0.4) is 0 Å². The van der Waals surface area contributed by atoms with Gasteiger partial charge in [0.15, 0.2) is 5.65 Å². The highest BCUT2D eigenvalue weighted by atomic mass is 35.5. The molecule has 0 radical (unpaired) electrons. The lowest BCUT2D eigenvalue weighted by Gasteiger charge is -2.05. The first kappa shape index (κ1) is 17.4. The lowest BCUT2D eigenvalue weighted by atomic mass is 10.1. The second-order valence-electron chi connectivity index (χ2n) is 6.39. The monoisotopic (exact) mass is 379 g/mol. The number of aryl methyl sites for hydroxylation is 1. The molecule has 0 fully saturated rings. The lowest BCUT2D eigenvalue weighted by molar-refractivity contribution is 0.415. The van der Waals surface area contributed by atoms with Crippen LogP contribution in [0.15, 0.2) is 59.4 Å². The number of hydrogen-bond acceptors (Lipinski definition) is 3. The Hall–Kier alpha value is -3.05. The molecule has 1 N–H and O–H groups in total. The van der Waals surface area contributed by atoms with Gasteiger partial charge in [-0.3, -0.25) is 9.89 Å². The van der Waals surface area contributed by atoms with Gasteiger partial charge in [-0.05, 0) is 48.9 Å². The highest BCUT2D eigenvalue weighted by Crippen LogP contribution is 2.23. The van der Waals surface area contributed by atoms with Crippen molar-refractivity contribution in [1.82, 2.24) is 14.6 Å². The molecule has 2 aromatic carbocycles. The normalized spacial score (nSPS) is 11.1. The van der Waals surface area contributed by atoms with Gasteiger partial charge >= 0.3 is 0 Å². The topological polar surface area (TPSA) is 59.4 Å². The highest BCUT2D eigenvalue weighted by Gasteiger charge is 2.14. The maximum Gasteiger partial charge on any atom is 0.273 e. The number of aromatic nitrogens is 3. The summed E-state index contributed by atoms with van der Waals surface area (Å²) in [4.78, 5) is 17.4. The summed E-state index contributed by atoms with van der Waals surface area (Å²) in [5.41, 5.74) is 5.02. The number of fused-ring (bicyclic) bond motifs is 1. The molecule has 6 heteroatoms. The average Bonchev–Trinajstić information content (AvgIpc) is 3.00. The van der Waals surface area contributed by atoms with Crippen LogP contribution in [0.25, 0.3) is 16.9 Å². The van der Waals surface area contributed by atoms with Gasteiger partial charge in [-0.1, -0.05) is 23.7 Å². The van der Waals surface area contributed by atoms with Crippen LogP contribution in [-0.2, 0) is 6.42 Å². The van der Waals surface area contributed by atoms with E-state index in [0.29, 0.717) is 22.8 Å². The first-order chi connectivity index (χ1) is 13.0. The van der Waals surface area contributed by atoms with Crippen molar-refractivity contribution in [1.29, 1.82) is 0 Å². The maximum absolute atomic E-state index is 12.6. The molecule has 2 aromatic heterocycles. The Labute approximate surface area is 161 Å². The summed E-state index contributed by atoms with van der Waals surface area (Å²) < 4.78 is 6.69. The zero-order valence-corrected chi connectivity index (χ0v) is 15.7. The third-order valence-corrected chi connectivity index (χ3v) is 4.85. The van der Waals surface area contributed by atoms with Crippen molar-refractivity contribution in [3.63, 3.8) is 0 Å². The molecule has 0 aliphatic heterocycles. The first-order valence-corrected chi connectivity index (χ1v) is 8.93. The second-order valence-corrected chi connectivity index (χ2v) is 6.82. The van der Waals surface area contributed by atoms with Crippen molar-refractivity contribution in [2.24, 2.45) is 0 Å².